The summed E-state index contributed by atoms with van der Waals surface area (Å²) in [6.07, 6.45) is 3.77. The average molecular weight is 647 g/mol. The highest BCUT2D eigenvalue weighted by molar-refractivity contribution is 6.12. The Bertz CT molecular complexity index is 1960. The minimum absolute atomic E-state index is 0.00952. The number of hydrogen-bond donors (Lipinski definition) is 2. The molecule has 12 heteroatoms. The first-order chi connectivity index (χ1) is 23.3. The van der Waals surface area contributed by atoms with Crippen LogP contribution >= 0.6 is 0 Å². The van der Waals surface area contributed by atoms with E-state index in [0.717, 1.165) is 27.7 Å². The molecule has 2 aliphatic heterocycles. The summed E-state index contributed by atoms with van der Waals surface area (Å²) in [4.78, 5) is 54.7. The van der Waals surface area contributed by atoms with E-state index in [4.69, 9.17) is 0 Å². The Morgan fingerprint density at radius 3 is 2.31 bits per heavy atom. The summed E-state index contributed by atoms with van der Waals surface area (Å²) in [7, 11) is 0. The second-order valence-corrected chi connectivity index (χ2v) is 12.4. The Kier molecular flexibility index (Phi) is 8.40. The van der Waals surface area contributed by atoms with Crippen molar-refractivity contribution in [3.63, 3.8) is 0 Å². The first kappa shape index (κ1) is 31.1. The number of ketones is 1. The van der Waals surface area contributed by atoms with Crippen LogP contribution in [-0.2, 0) is 14.4 Å². The van der Waals surface area contributed by atoms with Gasteiger partial charge >= 0.3 is 0 Å². The number of H-pyrrole nitrogens is 1. The molecule has 48 heavy (non-hydrogen) atoms. The molecule has 3 aromatic carbocycles. The Labute approximate surface area is 276 Å². The Morgan fingerprint density at radius 2 is 1.60 bits per heavy atom. The van der Waals surface area contributed by atoms with E-state index in [-0.39, 0.29) is 30.6 Å². The number of Topliss-reactive ketones (excluding diaryl/α,β-unsaturated/α-hetero) is 1. The van der Waals surface area contributed by atoms with E-state index < -0.39 is 11.3 Å². The lowest BCUT2D eigenvalue weighted by Gasteiger charge is -2.37. The molecule has 5 aromatic rings. The van der Waals surface area contributed by atoms with Crippen LogP contribution in [0.3, 0.4) is 0 Å². The van der Waals surface area contributed by atoms with Crippen LogP contribution in [0.25, 0.3) is 33.5 Å². The second kappa shape index (κ2) is 13.0. The maximum atomic E-state index is 13.7. The van der Waals surface area contributed by atoms with Crippen molar-refractivity contribution >= 4 is 39.9 Å². The highest BCUT2D eigenvalue weighted by Crippen LogP contribution is 2.35. The van der Waals surface area contributed by atoms with Crippen molar-refractivity contribution in [3.8, 4) is 22.6 Å². The number of nitrogens with one attached hydrogen (secondary N) is 2. The first-order valence-electron chi connectivity index (χ1n) is 16.0. The number of piperazine rings is 1. The van der Waals surface area contributed by atoms with Gasteiger partial charge in [-0.1, -0.05) is 0 Å². The summed E-state index contributed by atoms with van der Waals surface area (Å²) in [5, 5.41) is 11.1. The number of carbonyl (C=O) groups excluding carboxylic acids is 3. The zero-order chi connectivity index (χ0) is 33.3. The van der Waals surface area contributed by atoms with Gasteiger partial charge in [-0.15, -0.1) is 0 Å². The van der Waals surface area contributed by atoms with Gasteiger partial charge in [0.2, 0.25) is 11.8 Å². The minimum atomic E-state index is -1.26. The average Bonchev–Trinajstić information content (AvgIpc) is 3.74. The summed E-state index contributed by atoms with van der Waals surface area (Å²) in [6.45, 7) is 4.81. The van der Waals surface area contributed by atoms with Crippen LogP contribution < -0.4 is 10.2 Å². The first-order valence-corrected chi connectivity index (χ1v) is 16.0. The van der Waals surface area contributed by atoms with E-state index in [1.54, 1.807) is 48.8 Å². The van der Waals surface area contributed by atoms with Crippen molar-refractivity contribution in [2.24, 2.45) is 5.41 Å². The van der Waals surface area contributed by atoms with Crippen molar-refractivity contribution in [2.45, 2.75) is 13.3 Å². The molecule has 0 bridgehead atoms. The van der Waals surface area contributed by atoms with E-state index >= 15 is 0 Å². The number of halogens is 1. The molecule has 0 saturated carbocycles. The van der Waals surface area contributed by atoms with Gasteiger partial charge in [0.15, 0.2) is 5.82 Å². The Balaban J connectivity index is 0.959. The SMILES string of the molecule is CC(=O)C1(C(=O)Nc2ccc3[nH]nc(-c4ccc(F)cc4)c3c2)CCN(CC(=O)N2CCN(c3ccc(-c4ncccn4)cc3)CC2)C1. The van der Waals surface area contributed by atoms with Crippen LogP contribution in [-0.4, -0.2) is 93.4 Å². The third-order valence-corrected chi connectivity index (χ3v) is 9.44. The normalized spacial score (nSPS) is 18.3. The van der Waals surface area contributed by atoms with Crippen LogP contribution in [0, 0.1) is 11.2 Å². The van der Waals surface area contributed by atoms with Crippen molar-refractivity contribution in [3.05, 3.63) is 91.0 Å². The maximum absolute atomic E-state index is 13.7. The van der Waals surface area contributed by atoms with E-state index in [1.807, 2.05) is 21.9 Å². The summed E-state index contributed by atoms with van der Waals surface area (Å²) in [6, 6.07) is 21.3. The van der Waals surface area contributed by atoms with Gasteiger partial charge in [0.25, 0.3) is 0 Å². The van der Waals surface area contributed by atoms with E-state index in [0.29, 0.717) is 56.4 Å². The summed E-state index contributed by atoms with van der Waals surface area (Å²) in [5.41, 5.74) is 3.41. The molecule has 0 spiro atoms. The molecule has 11 nitrogen and oxygen atoms in total. The summed E-state index contributed by atoms with van der Waals surface area (Å²) < 4.78 is 13.5. The van der Waals surface area contributed by atoms with Crippen LogP contribution in [0.4, 0.5) is 15.8 Å². The Hall–Kier alpha value is -5.49. The van der Waals surface area contributed by atoms with E-state index in [1.165, 1.54) is 19.1 Å². The van der Waals surface area contributed by atoms with Gasteiger partial charge in [0.05, 0.1) is 17.8 Å². The summed E-state index contributed by atoms with van der Waals surface area (Å²) in [5.74, 6) is -0.293. The zero-order valence-corrected chi connectivity index (χ0v) is 26.5. The third kappa shape index (κ3) is 6.14. The zero-order valence-electron chi connectivity index (χ0n) is 26.5. The highest BCUT2D eigenvalue weighted by atomic mass is 19.1. The largest absolute Gasteiger partial charge is 0.368 e. The highest BCUT2D eigenvalue weighted by Gasteiger charge is 2.49. The quantitative estimate of drug-likeness (QED) is 0.238. The number of aromatic amines is 1. The van der Waals surface area contributed by atoms with Gasteiger partial charge in [-0.2, -0.15) is 5.10 Å². The number of hydrogen-bond acceptors (Lipinski definition) is 8. The lowest BCUT2D eigenvalue weighted by Crippen LogP contribution is -2.51. The number of anilines is 2. The molecule has 1 unspecified atom stereocenters. The molecule has 1 atom stereocenters. The minimum Gasteiger partial charge on any atom is -0.368 e. The van der Waals surface area contributed by atoms with Gasteiger partial charge in [-0.25, -0.2) is 14.4 Å². The number of fused-ring (bicyclic) bond motifs is 1. The van der Waals surface area contributed by atoms with Crippen LogP contribution in [0.5, 0.6) is 0 Å². The number of rotatable bonds is 8. The van der Waals surface area contributed by atoms with Crippen molar-refractivity contribution in [1.29, 1.82) is 0 Å². The fraction of sp³-hybridized carbons (Fsp3) is 0.278. The molecular weight excluding hydrogens is 611 g/mol. The van der Waals surface area contributed by atoms with Crippen LogP contribution in [0.15, 0.2) is 85.2 Å². The molecule has 2 fully saturated rings. The lowest BCUT2D eigenvalue weighted by molar-refractivity contribution is -0.138. The molecule has 2 aliphatic rings. The molecular formula is C36H35FN8O3. The standard InChI is InChI=1S/C36H35FN8O3/c1-24(46)36(35(48)40-28-9-12-31-30(21-28)33(42-41-31)25-3-7-27(37)8-4-25)13-16-43(23-36)22-32(47)45-19-17-44(18-20-45)29-10-5-26(6-11-29)34-38-14-2-15-39-34/h2-12,14-15,21H,13,16-20,22-23H2,1H3,(H,40,48)(H,41,42). The summed E-state index contributed by atoms with van der Waals surface area (Å²) >= 11 is 0. The molecule has 4 heterocycles. The number of aromatic nitrogens is 4. The molecule has 7 rings (SSSR count). The number of amides is 2. The molecule has 0 radical (unpaired) electrons. The second-order valence-electron chi connectivity index (χ2n) is 12.4. The van der Waals surface area contributed by atoms with E-state index in [9.17, 15) is 18.8 Å². The predicted octanol–water partition coefficient (Wildman–Crippen LogP) is 4.39. The van der Waals surface area contributed by atoms with Gasteiger partial charge < -0.3 is 15.1 Å². The monoisotopic (exact) mass is 646 g/mol. The van der Waals surface area contributed by atoms with Gasteiger partial charge in [-0.05, 0) is 86.1 Å². The van der Waals surface area contributed by atoms with Gasteiger partial charge in [-0.3, -0.25) is 24.4 Å². The topological polar surface area (TPSA) is 127 Å². The fourth-order valence-corrected chi connectivity index (χ4v) is 6.60. The third-order valence-electron chi connectivity index (χ3n) is 9.44. The molecule has 2 amide bonds. The number of carbonyl (C=O) groups is 3. The Morgan fingerprint density at radius 1 is 0.896 bits per heavy atom. The number of nitrogens with zero attached hydrogens (tertiary/aromatic N) is 6. The van der Waals surface area contributed by atoms with Crippen LogP contribution in [0.1, 0.15) is 13.3 Å². The van der Waals surface area contributed by atoms with Gasteiger partial charge in [0.1, 0.15) is 17.0 Å². The smallest absolute Gasteiger partial charge is 0.239 e. The molecule has 2 aromatic heterocycles. The van der Waals surface area contributed by atoms with Crippen molar-refractivity contribution in [2.75, 3.05) is 56.0 Å². The number of benzene rings is 3. The molecule has 2 N–H and O–H groups in total. The van der Waals surface area contributed by atoms with E-state index in [2.05, 4.69) is 42.5 Å². The van der Waals surface area contributed by atoms with Crippen molar-refractivity contribution < 1.29 is 18.8 Å². The molecule has 244 valence electrons. The predicted molar refractivity (Wildman–Crippen MR) is 181 cm³/mol. The lowest BCUT2D eigenvalue weighted by atomic mass is 9.82. The molecule has 2 saturated heterocycles. The fourth-order valence-electron chi connectivity index (χ4n) is 6.60. The van der Waals surface area contributed by atoms with Gasteiger partial charge in [0, 0.05) is 79.6 Å². The molecule has 0 aliphatic carbocycles. The number of likely N-dealkylation sites (tertiary alicyclic amines) is 1. The van der Waals surface area contributed by atoms with Crippen LogP contribution in [0.2, 0.25) is 0 Å². The van der Waals surface area contributed by atoms with Crippen molar-refractivity contribution in [1.82, 2.24) is 30.0 Å². The maximum Gasteiger partial charge on any atom is 0.239 e.